The minimum atomic E-state index is -0.215. The third kappa shape index (κ3) is 4.88. The summed E-state index contributed by atoms with van der Waals surface area (Å²) in [4.78, 5) is 12.7. The maximum Gasteiger partial charge on any atom is 0.214 e. The second-order valence-corrected chi connectivity index (χ2v) is 5.41. The average Bonchev–Trinajstić information content (AvgIpc) is 2.72. The number of anilines is 2. The summed E-state index contributed by atoms with van der Waals surface area (Å²) < 4.78 is 0. The second-order valence-electron chi connectivity index (χ2n) is 5.41. The summed E-state index contributed by atoms with van der Waals surface area (Å²) in [7, 11) is 0. The third-order valence-electron chi connectivity index (χ3n) is 3.50. The summed E-state index contributed by atoms with van der Waals surface area (Å²) in [6.07, 6.45) is 1.41. The van der Waals surface area contributed by atoms with Gasteiger partial charge < -0.3 is 0 Å². The van der Waals surface area contributed by atoms with E-state index in [1.165, 1.54) is 6.21 Å². The van der Waals surface area contributed by atoms with Crippen molar-refractivity contribution in [2.24, 2.45) is 10.2 Å². The van der Waals surface area contributed by atoms with Crippen LogP contribution in [0.3, 0.4) is 0 Å². The Morgan fingerprint density at radius 2 is 1.19 bits per heavy atom. The number of rotatable bonds is 7. The van der Waals surface area contributed by atoms with Gasteiger partial charge in [-0.1, -0.05) is 66.7 Å². The van der Waals surface area contributed by atoms with Crippen molar-refractivity contribution in [3.05, 3.63) is 96.6 Å². The molecular formula is C21H18N4O. The fourth-order valence-corrected chi connectivity index (χ4v) is 2.19. The van der Waals surface area contributed by atoms with Crippen molar-refractivity contribution in [2.75, 3.05) is 10.9 Å². The number of hydrogen-bond donors (Lipinski definition) is 2. The zero-order chi connectivity index (χ0) is 18.0. The standard InChI is InChI=1S/C21H18N4O/c26-21(17-10-4-1-5-11-17)20(25-24-19-14-8-3-9-15-19)16-22-23-18-12-6-2-7-13-18/h1-16,23-24H/b22-16+,25-20-. The highest BCUT2D eigenvalue weighted by molar-refractivity contribution is 6.64. The van der Waals surface area contributed by atoms with Crippen molar-refractivity contribution >= 4 is 29.1 Å². The quantitative estimate of drug-likeness (QED) is 0.379. The van der Waals surface area contributed by atoms with E-state index in [4.69, 9.17) is 0 Å². The number of hydrogen-bond acceptors (Lipinski definition) is 5. The maximum absolute atomic E-state index is 12.7. The highest BCUT2D eigenvalue weighted by Gasteiger charge is 2.12. The molecule has 3 rings (SSSR count). The van der Waals surface area contributed by atoms with E-state index < -0.39 is 0 Å². The van der Waals surface area contributed by atoms with E-state index in [-0.39, 0.29) is 11.5 Å². The van der Waals surface area contributed by atoms with Crippen molar-refractivity contribution in [1.29, 1.82) is 0 Å². The Labute approximate surface area is 152 Å². The van der Waals surface area contributed by atoms with Crippen molar-refractivity contribution < 1.29 is 4.79 Å². The number of Topliss-reactive ketones (excluding diaryl/α,β-unsaturated/α-hetero) is 1. The molecule has 0 aliphatic carbocycles. The Morgan fingerprint density at radius 3 is 1.77 bits per heavy atom. The van der Waals surface area contributed by atoms with E-state index in [9.17, 15) is 4.79 Å². The van der Waals surface area contributed by atoms with Gasteiger partial charge in [0.2, 0.25) is 5.78 Å². The molecular weight excluding hydrogens is 324 g/mol. The van der Waals surface area contributed by atoms with E-state index in [1.54, 1.807) is 12.1 Å². The van der Waals surface area contributed by atoms with Crippen LogP contribution in [0.5, 0.6) is 0 Å². The second kappa shape index (κ2) is 8.94. The van der Waals surface area contributed by atoms with Gasteiger partial charge in [-0.15, -0.1) is 0 Å². The van der Waals surface area contributed by atoms with Gasteiger partial charge in [0.05, 0.1) is 17.6 Å². The van der Waals surface area contributed by atoms with E-state index in [0.717, 1.165) is 11.4 Å². The van der Waals surface area contributed by atoms with Gasteiger partial charge in [-0.2, -0.15) is 10.2 Å². The smallest absolute Gasteiger partial charge is 0.214 e. The molecule has 5 nitrogen and oxygen atoms in total. The van der Waals surface area contributed by atoms with Crippen LogP contribution in [0.1, 0.15) is 10.4 Å². The summed E-state index contributed by atoms with van der Waals surface area (Å²) in [5.41, 5.74) is 8.14. The average molecular weight is 342 g/mol. The van der Waals surface area contributed by atoms with Crippen LogP contribution < -0.4 is 10.9 Å². The summed E-state index contributed by atoms with van der Waals surface area (Å²) in [5, 5.41) is 8.36. The number of nitrogens with zero attached hydrogens (tertiary/aromatic N) is 2. The molecule has 128 valence electrons. The largest absolute Gasteiger partial charge is 0.287 e. The molecule has 0 saturated carbocycles. The summed E-state index contributed by atoms with van der Waals surface area (Å²) in [6, 6.07) is 27.9. The molecule has 0 unspecified atom stereocenters. The van der Waals surface area contributed by atoms with Crippen LogP contribution in [-0.2, 0) is 0 Å². The predicted octanol–water partition coefficient (Wildman–Crippen LogP) is 4.44. The molecule has 3 aromatic rings. The van der Waals surface area contributed by atoms with Crippen LogP contribution in [-0.4, -0.2) is 17.7 Å². The SMILES string of the molecule is O=C(C(/C=N/Nc1ccccc1)=N\Nc1ccccc1)c1ccccc1. The fraction of sp³-hybridized carbons (Fsp3) is 0. The van der Waals surface area contributed by atoms with Crippen molar-refractivity contribution in [1.82, 2.24) is 0 Å². The number of para-hydroxylation sites is 2. The van der Waals surface area contributed by atoms with Gasteiger partial charge in [0.1, 0.15) is 0 Å². The van der Waals surface area contributed by atoms with Gasteiger partial charge in [0, 0.05) is 5.56 Å². The van der Waals surface area contributed by atoms with Crippen LogP contribution in [0, 0.1) is 0 Å². The topological polar surface area (TPSA) is 65.8 Å². The molecule has 3 aromatic carbocycles. The lowest BCUT2D eigenvalue weighted by molar-refractivity contribution is 0.106. The zero-order valence-electron chi connectivity index (χ0n) is 14.0. The molecule has 0 aliphatic heterocycles. The number of carbonyl (C=O) groups is 1. The molecule has 0 aromatic heterocycles. The lowest BCUT2D eigenvalue weighted by atomic mass is 10.1. The van der Waals surface area contributed by atoms with Gasteiger partial charge in [-0.3, -0.25) is 15.6 Å². The Morgan fingerprint density at radius 1 is 0.692 bits per heavy atom. The number of carbonyl (C=O) groups excluding carboxylic acids is 1. The van der Waals surface area contributed by atoms with Crippen molar-refractivity contribution in [2.45, 2.75) is 0 Å². The highest BCUT2D eigenvalue weighted by atomic mass is 16.1. The Balaban J connectivity index is 1.79. The van der Waals surface area contributed by atoms with Crippen LogP contribution in [0.25, 0.3) is 0 Å². The third-order valence-corrected chi connectivity index (χ3v) is 3.50. The lowest BCUT2D eigenvalue weighted by Gasteiger charge is -2.04. The molecule has 0 bridgehead atoms. The summed E-state index contributed by atoms with van der Waals surface area (Å²) >= 11 is 0. The first-order chi connectivity index (χ1) is 12.8. The van der Waals surface area contributed by atoms with Crippen LogP contribution >= 0.6 is 0 Å². The summed E-state index contributed by atoms with van der Waals surface area (Å²) in [6.45, 7) is 0. The molecule has 2 N–H and O–H groups in total. The van der Waals surface area contributed by atoms with Gasteiger partial charge in [0.15, 0.2) is 5.71 Å². The number of hydrazone groups is 2. The normalized spacial score (nSPS) is 11.3. The first-order valence-electron chi connectivity index (χ1n) is 8.15. The van der Waals surface area contributed by atoms with E-state index in [0.29, 0.717) is 5.56 Å². The number of benzene rings is 3. The van der Waals surface area contributed by atoms with Crippen LogP contribution in [0.15, 0.2) is 101 Å². The van der Waals surface area contributed by atoms with Gasteiger partial charge in [0.25, 0.3) is 0 Å². The van der Waals surface area contributed by atoms with Crippen molar-refractivity contribution in [3.63, 3.8) is 0 Å². The molecule has 0 heterocycles. The molecule has 0 spiro atoms. The number of ketones is 1. The predicted molar refractivity (Wildman–Crippen MR) is 107 cm³/mol. The summed E-state index contributed by atoms with van der Waals surface area (Å²) in [5.74, 6) is -0.215. The molecule has 0 amide bonds. The highest BCUT2D eigenvalue weighted by Crippen LogP contribution is 2.07. The number of nitrogens with one attached hydrogen (secondary N) is 2. The van der Waals surface area contributed by atoms with E-state index >= 15 is 0 Å². The minimum Gasteiger partial charge on any atom is -0.287 e. The molecule has 0 aliphatic rings. The van der Waals surface area contributed by atoms with E-state index in [2.05, 4.69) is 21.1 Å². The van der Waals surface area contributed by atoms with Crippen LogP contribution in [0.4, 0.5) is 11.4 Å². The van der Waals surface area contributed by atoms with Crippen molar-refractivity contribution in [3.8, 4) is 0 Å². The molecule has 0 fully saturated rings. The maximum atomic E-state index is 12.7. The van der Waals surface area contributed by atoms with Gasteiger partial charge >= 0.3 is 0 Å². The fourth-order valence-electron chi connectivity index (χ4n) is 2.19. The van der Waals surface area contributed by atoms with Gasteiger partial charge in [-0.25, -0.2) is 0 Å². The Bertz CT molecular complexity index is 891. The first-order valence-corrected chi connectivity index (χ1v) is 8.15. The molecule has 0 radical (unpaired) electrons. The lowest BCUT2D eigenvalue weighted by Crippen LogP contribution is -2.18. The Kier molecular flexibility index (Phi) is 5.88. The monoisotopic (exact) mass is 342 g/mol. The first kappa shape index (κ1) is 17.1. The molecule has 5 heteroatoms. The molecule has 0 atom stereocenters. The minimum absolute atomic E-state index is 0.198. The van der Waals surface area contributed by atoms with Gasteiger partial charge in [-0.05, 0) is 24.3 Å². The van der Waals surface area contributed by atoms with Crippen LogP contribution in [0.2, 0.25) is 0 Å². The molecule has 0 saturated heterocycles. The molecule has 26 heavy (non-hydrogen) atoms. The van der Waals surface area contributed by atoms with E-state index in [1.807, 2.05) is 78.9 Å². The zero-order valence-corrected chi connectivity index (χ0v) is 14.0. The Hall–Kier alpha value is -3.73.